The summed E-state index contributed by atoms with van der Waals surface area (Å²) < 4.78 is 6.57. The normalized spacial score (nSPS) is 23.3. The Kier molecular flexibility index (Phi) is 7.16. The quantitative estimate of drug-likeness (QED) is 0.174. The number of hydrogen-bond acceptors (Lipinski definition) is 2. The van der Waals surface area contributed by atoms with Gasteiger partial charge in [0.15, 0.2) is 0 Å². The van der Waals surface area contributed by atoms with Gasteiger partial charge in [0.1, 0.15) is 20.0 Å². The van der Waals surface area contributed by atoms with Gasteiger partial charge >= 0.3 is 0 Å². The van der Waals surface area contributed by atoms with Crippen LogP contribution in [0, 0.1) is 17.8 Å². The van der Waals surface area contributed by atoms with E-state index in [4.69, 9.17) is 4.42 Å². The maximum Gasteiger partial charge on any atom is 0.143 e. The summed E-state index contributed by atoms with van der Waals surface area (Å²) >= 11 is 0. The number of benzene rings is 4. The van der Waals surface area contributed by atoms with Crippen LogP contribution < -0.4 is 15.3 Å². The van der Waals surface area contributed by atoms with Gasteiger partial charge in [0.05, 0.1) is 0 Å². The molecule has 4 unspecified atom stereocenters. The summed E-state index contributed by atoms with van der Waals surface area (Å²) in [5.41, 5.74) is 12.7. The van der Waals surface area contributed by atoms with Crippen molar-refractivity contribution in [2.75, 3.05) is 4.90 Å². The average molecular weight is 664 g/mol. The Morgan fingerprint density at radius 3 is 2.54 bits per heavy atom. The van der Waals surface area contributed by atoms with E-state index >= 15 is 0 Å². The van der Waals surface area contributed by atoms with E-state index in [9.17, 15) is 0 Å². The van der Waals surface area contributed by atoms with Crippen molar-refractivity contribution in [1.29, 1.82) is 0 Å². The summed E-state index contributed by atoms with van der Waals surface area (Å²) in [5, 5.41) is 5.40. The molecule has 0 N–H and O–H groups in total. The summed E-state index contributed by atoms with van der Waals surface area (Å²) in [4.78, 5) is 2.51. The van der Waals surface area contributed by atoms with E-state index in [-0.39, 0.29) is 0 Å². The van der Waals surface area contributed by atoms with Crippen molar-refractivity contribution in [3.63, 3.8) is 0 Å². The fourth-order valence-corrected chi connectivity index (χ4v) is 11.8. The molecule has 4 atom stereocenters. The van der Waals surface area contributed by atoms with Crippen LogP contribution in [0.2, 0.25) is 6.55 Å². The van der Waals surface area contributed by atoms with E-state index in [0.717, 1.165) is 30.4 Å². The zero-order valence-corrected chi connectivity index (χ0v) is 29.7. The summed E-state index contributed by atoms with van der Waals surface area (Å²) in [7, 11) is -1.44. The van der Waals surface area contributed by atoms with Gasteiger partial charge in [0, 0.05) is 33.4 Å². The van der Waals surface area contributed by atoms with Crippen LogP contribution in [0.3, 0.4) is 0 Å². The minimum Gasteiger partial charge on any atom is -0.455 e. The first-order chi connectivity index (χ1) is 24.7. The number of allylic oxidation sites excluding steroid dienone is 13. The molecular formula is C47H41NOSi. The smallest absolute Gasteiger partial charge is 0.143 e. The molecule has 3 heteroatoms. The molecule has 0 fully saturated rings. The topological polar surface area (TPSA) is 16.4 Å². The Morgan fingerprint density at radius 2 is 1.64 bits per heavy atom. The molecule has 50 heavy (non-hydrogen) atoms. The number of anilines is 2. The first-order valence-electron chi connectivity index (χ1n) is 18.5. The van der Waals surface area contributed by atoms with Crippen molar-refractivity contribution in [3.05, 3.63) is 163 Å². The molecule has 2 nitrogen and oxygen atoms in total. The highest BCUT2D eigenvalue weighted by molar-refractivity contribution is 6.89. The van der Waals surface area contributed by atoms with Gasteiger partial charge in [-0.05, 0) is 119 Å². The largest absolute Gasteiger partial charge is 0.455 e. The summed E-state index contributed by atoms with van der Waals surface area (Å²) in [6, 6.07) is 29.7. The maximum atomic E-state index is 6.57. The molecule has 244 valence electrons. The van der Waals surface area contributed by atoms with Crippen LogP contribution in [0.4, 0.5) is 11.4 Å². The van der Waals surface area contributed by atoms with Gasteiger partial charge in [-0.1, -0.05) is 116 Å². The van der Waals surface area contributed by atoms with E-state index in [2.05, 4.69) is 157 Å². The monoisotopic (exact) mass is 663 g/mol. The lowest BCUT2D eigenvalue weighted by atomic mass is 9.79. The summed E-state index contributed by atoms with van der Waals surface area (Å²) in [6.45, 7) is 2.49. The second-order valence-electron chi connectivity index (χ2n) is 14.7. The molecule has 5 aliphatic rings. The molecule has 0 bridgehead atoms. The van der Waals surface area contributed by atoms with Crippen LogP contribution in [0.1, 0.15) is 37.7 Å². The van der Waals surface area contributed by atoms with Crippen molar-refractivity contribution >= 4 is 58.1 Å². The van der Waals surface area contributed by atoms with Crippen LogP contribution in [0.15, 0.2) is 161 Å². The SMILES string of the molecule is C[SiH]1c2cc(N(C3=CC(C4C=CC=CC4)CC=C3)c3ccc(C4=CC=C5C=CCCC5C4)cc3)ccc2-c2c1ccc1c2oc2ccccc21. The Bertz CT molecular complexity index is 2390. The standard InChI is InChI=1S/C47H41NOSi/c1-50-44-27-26-41-40-16-7-8-17-43(40)49-47(41)46(44)42-25-24-39(30-45(42)50)48(38-15-9-14-35(29-38)31-10-3-2-4-11-31)37-22-20-33(21-23-37)36-19-18-32-12-5-6-13-34(32)28-36/h2-5,7-10,12,15-27,29-31,34-35,50H,6,11,13-14,28H2,1H3. The van der Waals surface area contributed by atoms with E-state index in [1.807, 2.05) is 0 Å². The van der Waals surface area contributed by atoms with Gasteiger partial charge in [0.25, 0.3) is 0 Å². The van der Waals surface area contributed by atoms with Crippen LogP contribution in [0.5, 0.6) is 0 Å². The molecule has 0 saturated heterocycles. The number of rotatable bonds is 5. The molecule has 0 spiro atoms. The number of nitrogens with zero attached hydrogens (tertiary/aromatic N) is 1. The molecule has 0 amide bonds. The van der Waals surface area contributed by atoms with Crippen molar-refractivity contribution in [2.24, 2.45) is 17.8 Å². The number of para-hydroxylation sites is 1. The predicted octanol–water partition coefficient (Wildman–Crippen LogP) is 10.9. The van der Waals surface area contributed by atoms with E-state index < -0.39 is 8.80 Å². The second-order valence-corrected chi connectivity index (χ2v) is 17.4. The zero-order valence-electron chi connectivity index (χ0n) is 28.6. The second kappa shape index (κ2) is 12.0. The highest BCUT2D eigenvalue weighted by Gasteiger charge is 2.32. The van der Waals surface area contributed by atoms with E-state index in [1.54, 1.807) is 0 Å². The summed E-state index contributed by atoms with van der Waals surface area (Å²) in [5.74, 6) is 1.66. The van der Waals surface area contributed by atoms with Crippen molar-refractivity contribution in [1.82, 2.24) is 0 Å². The third-order valence-corrected chi connectivity index (χ3v) is 14.7. The molecule has 2 heterocycles. The maximum absolute atomic E-state index is 6.57. The molecule has 0 saturated carbocycles. The Balaban J connectivity index is 1.06. The van der Waals surface area contributed by atoms with Gasteiger partial charge in [-0.15, -0.1) is 0 Å². The fourth-order valence-electron chi connectivity index (χ4n) is 9.19. The molecule has 10 rings (SSSR count). The lowest BCUT2D eigenvalue weighted by molar-refractivity contribution is 0.475. The molecular weight excluding hydrogens is 623 g/mol. The first kappa shape index (κ1) is 29.8. The third kappa shape index (κ3) is 4.90. The van der Waals surface area contributed by atoms with Crippen LogP contribution >= 0.6 is 0 Å². The zero-order chi connectivity index (χ0) is 33.2. The minimum absolute atomic E-state index is 0.476. The molecule has 4 aliphatic carbocycles. The van der Waals surface area contributed by atoms with Gasteiger partial charge in [0.2, 0.25) is 0 Å². The fraction of sp³-hybridized carbons (Fsp3) is 0.191. The first-order valence-corrected chi connectivity index (χ1v) is 20.8. The lowest BCUT2D eigenvalue weighted by Crippen LogP contribution is -2.34. The van der Waals surface area contributed by atoms with Gasteiger partial charge in [-0.3, -0.25) is 0 Å². The van der Waals surface area contributed by atoms with Gasteiger partial charge in [-0.25, -0.2) is 0 Å². The van der Waals surface area contributed by atoms with Crippen molar-refractivity contribution < 1.29 is 4.42 Å². The van der Waals surface area contributed by atoms with Gasteiger partial charge in [-0.2, -0.15) is 0 Å². The third-order valence-electron chi connectivity index (χ3n) is 11.9. The van der Waals surface area contributed by atoms with Gasteiger partial charge < -0.3 is 9.32 Å². The Labute approximate surface area is 296 Å². The average Bonchev–Trinajstić information content (AvgIpc) is 3.70. The van der Waals surface area contributed by atoms with Crippen molar-refractivity contribution in [2.45, 2.75) is 38.7 Å². The number of furan rings is 1. The molecule has 5 aromatic rings. The van der Waals surface area contributed by atoms with Crippen LogP contribution in [-0.4, -0.2) is 8.80 Å². The van der Waals surface area contributed by atoms with Crippen LogP contribution in [-0.2, 0) is 0 Å². The minimum atomic E-state index is -1.44. The summed E-state index contributed by atoms with van der Waals surface area (Å²) in [6.07, 6.45) is 31.5. The predicted molar refractivity (Wildman–Crippen MR) is 214 cm³/mol. The Hall–Kier alpha value is -5.12. The molecule has 1 aromatic heterocycles. The molecule has 4 aromatic carbocycles. The number of fused-ring (bicyclic) bond motifs is 8. The lowest BCUT2D eigenvalue weighted by Gasteiger charge is -2.32. The highest BCUT2D eigenvalue weighted by atomic mass is 28.3. The van der Waals surface area contributed by atoms with E-state index in [1.165, 1.54) is 78.9 Å². The Morgan fingerprint density at radius 1 is 0.760 bits per heavy atom. The van der Waals surface area contributed by atoms with Crippen LogP contribution in [0.25, 0.3) is 38.6 Å². The molecule has 0 radical (unpaired) electrons. The van der Waals surface area contributed by atoms with E-state index in [0.29, 0.717) is 17.8 Å². The highest BCUT2D eigenvalue weighted by Crippen LogP contribution is 2.42. The molecule has 1 aliphatic heterocycles. The number of hydrogen-bond donors (Lipinski definition) is 0. The van der Waals surface area contributed by atoms with Crippen molar-refractivity contribution in [3.8, 4) is 11.1 Å².